The van der Waals surface area contributed by atoms with Crippen molar-refractivity contribution in [1.29, 1.82) is 0 Å². The Morgan fingerprint density at radius 2 is 1.83 bits per heavy atom. The van der Waals surface area contributed by atoms with Crippen LogP contribution in [0.4, 0.5) is 0 Å². The first kappa shape index (κ1) is 20.2. The van der Waals surface area contributed by atoms with Crippen molar-refractivity contribution in [2.24, 2.45) is 11.7 Å². The zero-order valence-corrected chi connectivity index (χ0v) is 15.1. The number of hydrogen-bond acceptors (Lipinski definition) is 3. The second-order valence-electron chi connectivity index (χ2n) is 7.01. The summed E-state index contributed by atoms with van der Waals surface area (Å²) in [5.74, 6) is 0.00716. The zero-order chi connectivity index (χ0) is 16.0. The van der Waals surface area contributed by atoms with Gasteiger partial charge in [0.15, 0.2) is 0 Å². The van der Waals surface area contributed by atoms with E-state index < -0.39 is 5.54 Å². The van der Waals surface area contributed by atoms with Gasteiger partial charge in [-0.2, -0.15) is 0 Å². The van der Waals surface area contributed by atoms with Crippen LogP contribution in [-0.2, 0) is 9.59 Å². The first-order valence-electron chi connectivity index (χ1n) is 8.93. The summed E-state index contributed by atoms with van der Waals surface area (Å²) in [7, 11) is 0. The minimum absolute atomic E-state index is 0. The molecule has 2 aliphatic carbocycles. The number of hydrogen-bond donors (Lipinski definition) is 3. The smallest absolute Gasteiger partial charge is 0.245 e. The number of amides is 2. The summed E-state index contributed by atoms with van der Waals surface area (Å²) in [5, 5.41) is 6.11. The first-order chi connectivity index (χ1) is 10.6. The van der Waals surface area contributed by atoms with Gasteiger partial charge in [0.25, 0.3) is 0 Å². The van der Waals surface area contributed by atoms with E-state index in [1.807, 2.05) is 6.92 Å². The van der Waals surface area contributed by atoms with Crippen molar-refractivity contribution in [3.63, 3.8) is 0 Å². The molecule has 2 saturated carbocycles. The molecule has 0 bridgehead atoms. The lowest BCUT2D eigenvalue weighted by Gasteiger charge is -2.38. The van der Waals surface area contributed by atoms with Crippen LogP contribution in [0, 0.1) is 5.92 Å². The van der Waals surface area contributed by atoms with Crippen molar-refractivity contribution >= 4 is 24.2 Å². The highest BCUT2D eigenvalue weighted by atomic mass is 35.5. The van der Waals surface area contributed by atoms with Gasteiger partial charge in [0.2, 0.25) is 11.8 Å². The van der Waals surface area contributed by atoms with Crippen molar-refractivity contribution in [3.8, 4) is 0 Å². The molecule has 0 aliphatic heterocycles. The van der Waals surface area contributed by atoms with E-state index in [4.69, 9.17) is 5.73 Å². The molecule has 2 aliphatic rings. The fraction of sp³-hybridized carbons (Fsp3) is 0.882. The van der Waals surface area contributed by atoms with Crippen LogP contribution < -0.4 is 16.4 Å². The minimum Gasteiger partial charge on any atom is -0.354 e. The lowest BCUT2D eigenvalue weighted by molar-refractivity contribution is -0.137. The molecule has 0 radical (unpaired) electrons. The summed E-state index contributed by atoms with van der Waals surface area (Å²) in [6, 6.07) is 0.126. The van der Waals surface area contributed by atoms with Crippen LogP contribution in [0.15, 0.2) is 0 Å². The molecule has 134 valence electrons. The monoisotopic (exact) mass is 345 g/mol. The fourth-order valence-electron chi connectivity index (χ4n) is 3.78. The summed E-state index contributed by atoms with van der Waals surface area (Å²) < 4.78 is 0. The third-order valence-electron chi connectivity index (χ3n) is 5.13. The largest absolute Gasteiger partial charge is 0.354 e. The van der Waals surface area contributed by atoms with Gasteiger partial charge in [0, 0.05) is 18.5 Å². The summed E-state index contributed by atoms with van der Waals surface area (Å²) in [6.07, 6.45) is 9.24. The third-order valence-corrected chi connectivity index (χ3v) is 5.13. The molecule has 0 aromatic heterocycles. The van der Waals surface area contributed by atoms with Crippen molar-refractivity contribution in [2.45, 2.75) is 82.7 Å². The van der Waals surface area contributed by atoms with Crippen LogP contribution in [-0.4, -0.2) is 29.9 Å². The topological polar surface area (TPSA) is 84.2 Å². The SMILES string of the molecule is CCCNC(=O)C1(NC(=O)C2CCCC(N)C2)CCCCC1.Cl. The fourth-order valence-corrected chi connectivity index (χ4v) is 3.78. The molecule has 2 fully saturated rings. The van der Waals surface area contributed by atoms with Crippen LogP contribution in [0.2, 0.25) is 0 Å². The van der Waals surface area contributed by atoms with Crippen LogP contribution >= 0.6 is 12.4 Å². The highest BCUT2D eigenvalue weighted by Crippen LogP contribution is 2.30. The maximum absolute atomic E-state index is 12.6. The van der Waals surface area contributed by atoms with Crippen LogP contribution in [0.25, 0.3) is 0 Å². The summed E-state index contributed by atoms with van der Waals surface area (Å²) in [6.45, 7) is 2.71. The highest BCUT2D eigenvalue weighted by Gasteiger charge is 2.42. The third kappa shape index (κ3) is 5.35. The number of carbonyl (C=O) groups excluding carboxylic acids is 2. The van der Waals surface area contributed by atoms with Crippen molar-refractivity contribution in [1.82, 2.24) is 10.6 Å². The Kier molecular flexibility index (Phi) is 8.34. The molecule has 4 N–H and O–H groups in total. The van der Waals surface area contributed by atoms with Gasteiger partial charge in [0.05, 0.1) is 0 Å². The molecular formula is C17H32ClN3O2. The number of rotatable bonds is 5. The molecule has 2 atom stereocenters. The molecule has 0 spiro atoms. The van der Waals surface area contributed by atoms with E-state index in [9.17, 15) is 9.59 Å². The Balaban J connectivity index is 0.00000264. The lowest BCUT2D eigenvalue weighted by Crippen LogP contribution is -2.61. The van der Waals surface area contributed by atoms with Gasteiger partial charge in [-0.25, -0.2) is 0 Å². The van der Waals surface area contributed by atoms with Crippen LogP contribution in [0.5, 0.6) is 0 Å². The molecule has 0 aromatic rings. The maximum atomic E-state index is 12.6. The molecule has 0 heterocycles. The van der Waals surface area contributed by atoms with E-state index in [0.717, 1.165) is 64.2 Å². The minimum atomic E-state index is -0.688. The molecule has 6 heteroatoms. The lowest BCUT2D eigenvalue weighted by atomic mass is 9.79. The second kappa shape index (κ2) is 9.48. The summed E-state index contributed by atoms with van der Waals surface area (Å²) >= 11 is 0. The van der Waals surface area contributed by atoms with Gasteiger partial charge in [-0.05, 0) is 38.5 Å². The second-order valence-corrected chi connectivity index (χ2v) is 7.01. The average Bonchev–Trinajstić information content (AvgIpc) is 2.53. The van der Waals surface area contributed by atoms with Gasteiger partial charge in [0.1, 0.15) is 5.54 Å². The quantitative estimate of drug-likeness (QED) is 0.714. The number of nitrogens with two attached hydrogens (primary N) is 1. The number of nitrogens with one attached hydrogen (secondary N) is 2. The van der Waals surface area contributed by atoms with E-state index in [0.29, 0.717) is 6.54 Å². The Hall–Kier alpha value is -0.810. The summed E-state index contributed by atoms with van der Waals surface area (Å²) in [5.41, 5.74) is 5.31. The van der Waals surface area contributed by atoms with Gasteiger partial charge < -0.3 is 16.4 Å². The van der Waals surface area contributed by atoms with E-state index in [2.05, 4.69) is 10.6 Å². The molecule has 2 amide bonds. The average molecular weight is 346 g/mol. The molecular weight excluding hydrogens is 314 g/mol. The van der Waals surface area contributed by atoms with Crippen LogP contribution in [0.3, 0.4) is 0 Å². The molecule has 5 nitrogen and oxygen atoms in total. The number of halogens is 1. The molecule has 23 heavy (non-hydrogen) atoms. The van der Waals surface area contributed by atoms with Gasteiger partial charge in [-0.15, -0.1) is 12.4 Å². The van der Waals surface area contributed by atoms with Crippen molar-refractivity contribution < 1.29 is 9.59 Å². The van der Waals surface area contributed by atoms with Crippen molar-refractivity contribution in [3.05, 3.63) is 0 Å². The van der Waals surface area contributed by atoms with E-state index >= 15 is 0 Å². The highest BCUT2D eigenvalue weighted by molar-refractivity contribution is 5.92. The Labute approximate surface area is 145 Å². The van der Waals surface area contributed by atoms with Gasteiger partial charge in [-0.3, -0.25) is 9.59 Å². The molecule has 0 aromatic carbocycles. The molecule has 2 unspecified atom stereocenters. The number of carbonyl (C=O) groups is 2. The Morgan fingerprint density at radius 3 is 2.43 bits per heavy atom. The first-order valence-corrected chi connectivity index (χ1v) is 8.93. The predicted octanol–water partition coefficient (Wildman–Crippen LogP) is 2.27. The van der Waals surface area contributed by atoms with E-state index in [1.165, 1.54) is 0 Å². The van der Waals surface area contributed by atoms with Gasteiger partial charge in [-0.1, -0.05) is 32.6 Å². The predicted molar refractivity (Wildman–Crippen MR) is 94.4 cm³/mol. The van der Waals surface area contributed by atoms with E-state index in [1.54, 1.807) is 0 Å². The van der Waals surface area contributed by atoms with Gasteiger partial charge >= 0.3 is 0 Å². The normalized spacial score (nSPS) is 26.7. The Morgan fingerprint density at radius 1 is 1.13 bits per heavy atom. The molecule has 0 saturated heterocycles. The van der Waals surface area contributed by atoms with Crippen molar-refractivity contribution in [2.75, 3.05) is 6.54 Å². The van der Waals surface area contributed by atoms with E-state index in [-0.39, 0.29) is 36.2 Å². The standard InChI is InChI=1S/C17H31N3O2.ClH/c1-2-11-19-16(22)17(9-4-3-5-10-17)20-15(21)13-7-6-8-14(18)12-13;/h13-14H,2-12,18H2,1H3,(H,19,22)(H,20,21);1H. The maximum Gasteiger partial charge on any atom is 0.245 e. The summed E-state index contributed by atoms with van der Waals surface area (Å²) in [4.78, 5) is 25.3. The molecule has 2 rings (SSSR count). The zero-order valence-electron chi connectivity index (χ0n) is 14.2. The Bertz CT molecular complexity index is 397. The van der Waals surface area contributed by atoms with Crippen LogP contribution in [0.1, 0.15) is 71.1 Å².